The number of hydrogen-bond acceptors (Lipinski definition) is 5. The normalized spacial score (nSPS) is 15.3. The second kappa shape index (κ2) is 6.58. The average Bonchev–Trinajstić information content (AvgIpc) is 3.13. The number of nitrogens with zero attached hydrogens (tertiary/aromatic N) is 2. The summed E-state index contributed by atoms with van der Waals surface area (Å²) in [5.74, 6) is -0.679. The van der Waals surface area contributed by atoms with Crippen LogP contribution in [-0.2, 0) is 10.0 Å². The molecule has 0 radical (unpaired) electrons. The van der Waals surface area contributed by atoms with E-state index < -0.39 is 15.9 Å². The Kier molecular flexibility index (Phi) is 4.50. The number of pyridine rings is 1. The monoisotopic (exact) mass is 347 g/mol. The van der Waals surface area contributed by atoms with Gasteiger partial charge in [-0.05, 0) is 43.2 Å². The van der Waals surface area contributed by atoms with Crippen molar-refractivity contribution in [1.29, 1.82) is 0 Å². The van der Waals surface area contributed by atoms with Gasteiger partial charge in [0.05, 0.1) is 16.1 Å². The van der Waals surface area contributed by atoms with Gasteiger partial charge in [-0.1, -0.05) is 0 Å². The second-order valence-corrected chi connectivity index (χ2v) is 7.42. The van der Waals surface area contributed by atoms with E-state index in [1.807, 2.05) is 0 Å². The number of sulfonamides is 1. The van der Waals surface area contributed by atoms with Gasteiger partial charge in [-0.3, -0.25) is 9.78 Å². The Labute approximate surface area is 140 Å². The van der Waals surface area contributed by atoms with Gasteiger partial charge in [-0.2, -0.15) is 4.31 Å². The van der Waals surface area contributed by atoms with Gasteiger partial charge in [0.25, 0.3) is 5.91 Å². The Hall–Kier alpha value is -2.45. The van der Waals surface area contributed by atoms with E-state index in [0.717, 1.165) is 12.8 Å². The molecule has 0 spiro atoms. The van der Waals surface area contributed by atoms with Crippen LogP contribution in [0.4, 0.5) is 5.69 Å². The van der Waals surface area contributed by atoms with Crippen molar-refractivity contribution in [2.45, 2.75) is 17.7 Å². The summed E-state index contributed by atoms with van der Waals surface area (Å²) < 4.78 is 26.6. The van der Waals surface area contributed by atoms with E-state index in [1.54, 1.807) is 12.1 Å². The Morgan fingerprint density at radius 3 is 2.62 bits per heavy atom. The lowest BCUT2D eigenvalue weighted by Crippen LogP contribution is -2.28. The molecule has 1 amide bonds. The van der Waals surface area contributed by atoms with E-state index in [0.29, 0.717) is 18.7 Å². The molecule has 1 aromatic carbocycles. The smallest absolute Gasteiger partial charge is 0.257 e. The maximum Gasteiger partial charge on any atom is 0.257 e. The van der Waals surface area contributed by atoms with Gasteiger partial charge in [-0.25, -0.2) is 8.42 Å². The fourth-order valence-corrected chi connectivity index (χ4v) is 4.09. The van der Waals surface area contributed by atoms with Crippen molar-refractivity contribution >= 4 is 21.6 Å². The molecule has 1 aliphatic rings. The Morgan fingerprint density at radius 2 is 1.96 bits per heavy atom. The van der Waals surface area contributed by atoms with Crippen LogP contribution >= 0.6 is 0 Å². The first-order valence-corrected chi connectivity index (χ1v) is 8.97. The lowest BCUT2D eigenvalue weighted by atomic mass is 10.2. The molecular formula is C16H17N3O4S. The van der Waals surface area contributed by atoms with E-state index in [4.69, 9.17) is 0 Å². The third-order valence-electron chi connectivity index (χ3n) is 3.84. The van der Waals surface area contributed by atoms with Crippen LogP contribution in [0.3, 0.4) is 0 Å². The molecule has 3 rings (SSSR count). The molecule has 0 aliphatic carbocycles. The molecular weight excluding hydrogens is 330 g/mol. The molecule has 0 atom stereocenters. The predicted molar refractivity (Wildman–Crippen MR) is 88.3 cm³/mol. The van der Waals surface area contributed by atoms with Crippen molar-refractivity contribution < 1.29 is 18.3 Å². The molecule has 24 heavy (non-hydrogen) atoms. The van der Waals surface area contributed by atoms with Gasteiger partial charge in [0, 0.05) is 25.5 Å². The first kappa shape index (κ1) is 16.4. The molecule has 7 nitrogen and oxygen atoms in total. The largest absolute Gasteiger partial charge is 0.506 e. The highest BCUT2D eigenvalue weighted by atomic mass is 32.2. The number of phenolic OH excluding ortho intramolecular Hbond substituents is 1. The quantitative estimate of drug-likeness (QED) is 0.822. The number of aromatic nitrogens is 1. The van der Waals surface area contributed by atoms with Gasteiger partial charge >= 0.3 is 0 Å². The summed E-state index contributed by atoms with van der Waals surface area (Å²) in [7, 11) is -3.62. The third kappa shape index (κ3) is 3.24. The summed E-state index contributed by atoms with van der Waals surface area (Å²) in [5.41, 5.74) is 0.355. The summed E-state index contributed by atoms with van der Waals surface area (Å²) >= 11 is 0. The molecule has 126 valence electrons. The van der Waals surface area contributed by atoms with Crippen LogP contribution in [0.25, 0.3) is 0 Å². The van der Waals surface area contributed by atoms with E-state index in [-0.39, 0.29) is 16.3 Å². The number of rotatable bonds is 4. The standard InChI is InChI=1S/C16H17N3O4S/c20-15-6-5-13(24(22,23)19-8-1-2-9-19)10-14(15)18-16(21)12-4-3-7-17-11-12/h3-7,10-11,20H,1-2,8-9H2,(H,18,21). The highest BCUT2D eigenvalue weighted by Gasteiger charge is 2.27. The zero-order chi connectivity index (χ0) is 17.2. The van der Waals surface area contributed by atoms with Gasteiger partial charge in [0.2, 0.25) is 10.0 Å². The van der Waals surface area contributed by atoms with Gasteiger partial charge in [0.1, 0.15) is 5.75 Å². The zero-order valence-corrected chi connectivity index (χ0v) is 13.7. The van der Waals surface area contributed by atoms with Crippen molar-refractivity contribution in [2.24, 2.45) is 0 Å². The van der Waals surface area contributed by atoms with Crippen LogP contribution in [0.1, 0.15) is 23.2 Å². The molecule has 8 heteroatoms. The number of anilines is 1. The van der Waals surface area contributed by atoms with Gasteiger partial charge < -0.3 is 10.4 Å². The average molecular weight is 347 g/mol. The predicted octanol–water partition coefficient (Wildman–Crippen LogP) is 1.82. The number of amides is 1. The molecule has 2 aromatic rings. The first-order valence-electron chi connectivity index (χ1n) is 7.53. The minimum absolute atomic E-state index is 0.0451. The highest BCUT2D eigenvalue weighted by molar-refractivity contribution is 7.89. The summed E-state index contributed by atoms with van der Waals surface area (Å²) in [5, 5.41) is 12.4. The maximum atomic E-state index is 12.6. The van der Waals surface area contributed by atoms with Crippen LogP contribution in [0.15, 0.2) is 47.6 Å². The van der Waals surface area contributed by atoms with E-state index >= 15 is 0 Å². The lowest BCUT2D eigenvalue weighted by molar-refractivity contribution is 0.102. The van der Waals surface area contributed by atoms with Crippen LogP contribution in [-0.4, -0.2) is 41.8 Å². The number of carbonyl (C=O) groups excluding carboxylic acids is 1. The lowest BCUT2D eigenvalue weighted by Gasteiger charge is -2.16. The number of aromatic hydroxyl groups is 1. The van der Waals surface area contributed by atoms with Crippen molar-refractivity contribution in [1.82, 2.24) is 9.29 Å². The number of phenols is 1. The van der Waals surface area contributed by atoms with E-state index in [9.17, 15) is 18.3 Å². The Balaban J connectivity index is 1.88. The maximum absolute atomic E-state index is 12.6. The summed E-state index contributed by atoms with van der Waals surface area (Å²) in [6.07, 6.45) is 4.60. The highest BCUT2D eigenvalue weighted by Crippen LogP contribution is 2.29. The Bertz CT molecular complexity index is 847. The van der Waals surface area contributed by atoms with Crippen LogP contribution < -0.4 is 5.32 Å². The van der Waals surface area contributed by atoms with Gasteiger partial charge in [-0.15, -0.1) is 0 Å². The van der Waals surface area contributed by atoms with Crippen LogP contribution in [0.5, 0.6) is 5.75 Å². The molecule has 0 unspecified atom stereocenters. The Morgan fingerprint density at radius 1 is 1.21 bits per heavy atom. The van der Waals surface area contributed by atoms with Crippen molar-refractivity contribution in [3.05, 3.63) is 48.3 Å². The summed E-state index contributed by atoms with van der Waals surface area (Å²) in [6, 6.07) is 7.06. The number of nitrogens with one attached hydrogen (secondary N) is 1. The van der Waals surface area contributed by atoms with Crippen LogP contribution in [0, 0.1) is 0 Å². The molecule has 0 bridgehead atoms. The minimum Gasteiger partial charge on any atom is -0.506 e. The van der Waals surface area contributed by atoms with Crippen molar-refractivity contribution in [3.8, 4) is 5.75 Å². The third-order valence-corrected chi connectivity index (χ3v) is 5.74. The summed E-state index contributed by atoms with van der Waals surface area (Å²) in [6.45, 7) is 0.973. The minimum atomic E-state index is -3.62. The number of carbonyl (C=O) groups is 1. The molecule has 1 fully saturated rings. The van der Waals surface area contributed by atoms with E-state index in [2.05, 4.69) is 10.3 Å². The molecule has 0 saturated carbocycles. The van der Waals surface area contributed by atoms with Crippen molar-refractivity contribution in [3.63, 3.8) is 0 Å². The van der Waals surface area contributed by atoms with E-state index in [1.165, 1.54) is 34.9 Å². The summed E-state index contributed by atoms with van der Waals surface area (Å²) in [4.78, 5) is 16.1. The molecule has 2 N–H and O–H groups in total. The van der Waals surface area contributed by atoms with Gasteiger partial charge in [0.15, 0.2) is 0 Å². The zero-order valence-electron chi connectivity index (χ0n) is 12.8. The fourth-order valence-electron chi connectivity index (χ4n) is 2.54. The topological polar surface area (TPSA) is 99.6 Å². The molecule has 2 heterocycles. The van der Waals surface area contributed by atoms with Crippen LogP contribution in [0.2, 0.25) is 0 Å². The first-order chi connectivity index (χ1) is 11.5. The number of benzene rings is 1. The fraction of sp³-hybridized carbons (Fsp3) is 0.250. The number of hydrogen-bond donors (Lipinski definition) is 2. The SMILES string of the molecule is O=C(Nc1cc(S(=O)(=O)N2CCCC2)ccc1O)c1cccnc1. The molecule has 1 aromatic heterocycles. The van der Waals surface area contributed by atoms with Crippen molar-refractivity contribution in [2.75, 3.05) is 18.4 Å². The molecule has 1 aliphatic heterocycles. The molecule has 1 saturated heterocycles. The second-order valence-electron chi connectivity index (χ2n) is 5.49.